The first kappa shape index (κ1) is 14.4. The minimum Gasteiger partial charge on any atom is -0.507 e. The van der Waals surface area contributed by atoms with Crippen molar-refractivity contribution in [2.24, 2.45) is 4.40 Å². The van der Waals surface area contributed by atoms with Gasteiger partial charge in [-0.2, -0.15) is 8.42 Å². The summed E-state index contributed by atoms with van der Waals surface area (Å²) in [5.41, 5.74) is 0.274. The highest BCUT2D eigenvalue weighted by Gasteiger charge is 2.10. The molecule has 0 aliphatic carbocycles. The van der Waals surface area contributed by atoms with E-state index in [1.165, 1.54) is 36.4 Å². The second kappa shape index (κ2) is 5.94. The van der Waals surface area contributed by atoms with Gasteiger partial charge in [-0.1, -0.05) is 23.7 Å². The molecule has 5 nitrogen and oxygen atoms in total. The minimum absolute atomic E-state index is 0.0713. The molecule has 0 aromatic heterocycles. The fourth-order valence-electron chi connectivity index (χ4n) is 1.35. The molecule has 0 atom stereocenters. The molecule has 20 heavy (non-hydrogen) atoms. The van der Waals surface area contributed by atoms with Crippen molar-refractivity contribution in [1.82, 2.24) is 0 Å². The standard InChI is InChI=1S/C13H10ClNO4S/c14-11-5-7-12(8-6-11)19-20(17,18)15-9-10-3-1-2-4-13(10)16/h1-9,16H/b15-9+. The Balaban J connectivity index is 2.15. The zero-order chi connectivity index (χ0) is 14.6. The van der Waals surface area contributed by atoms with Crippen molar-refractivity contribution in [2.75, 3.05) is 0 Å². The molecule has 7 heteroatoms. The van der Waals surface area contributed by atoms with Crippen LogP contribution >= 0.6 is 11.6 Å². The van der Waals surface area contributed by atoms with Gasteiger partial charge < -0.3 is 9.29 Å². The number of halogens is 1. The molecule has 0 saturated carbocycles. The summed E-state index contributed by atoms with van der Waals surface area (Å²) in [6.45, 7) is 0. The second-order valence-electron chi connectivity index (χ2n) is 3.76. The first-order valence-corrected chi connectivity index (χ1v) is 7.24. The van der Waals surface area contributed by atoms with E-state index in [4.69, 9.17) is 15.8 Å². The highest BCUT2D eigenvalue weighted by molar-refractivity contribution is 7.85. The van der Waals surface area contributed by atoms with Crippen LogP contribution < -0.4 is 4.18 Å². The number of para-hydroxylation sites is 1. The topological polar surface area (TPSA) is 76.0 Å². The van der Waals surface area contributed by atoms with Crippen LogP contribution in [0.2, 0.25) is 5.02 Å². The smallest absolute Gasteiger partial charge is 0.428 e. The van der Waals surface area contributed by atoms with Gasteiger partial charge in [0, 0.05) is 10.6 Å². The molecular weight excluding hydrogens is 302 g/mol. The number of rotatable bonds is 4. The van der Waals surface area contributed by atoms with Crippen LogP contribution in [0.3, 0.4) is 0 Å². The van der Waals surface area contributed by atoms with E-state index < -0.39 is 10.3 Å². The van der Waals surface area contributed by atoms with E-state index >= 15 is 0 Å². The molecule has 0 radical (unpaired) electrons. The van der Waals surface area contributed by atoms with Crippen LogP contribution in [-0.2, 0) is 10.3 Å². The predicted octanol–water partition coefficient (Wildman–Crippen LogP) is 2.79. The molecule has 0 unspecified atom stereocenters. The third kappa shape index (κ3) is 3.97. The lowest BCUT2D eigenvalue weighted by atomic mass is 10.2. The molecule has 0 fully saturated rings. The molecule has 104 valence electrons. The van der Waals surface area contributed by atoms with E-state index in [1.54, 1.807) is 12.1 Å². The molecule has 2 rings (SSSR count). The molecule has 0 aliphatic rings. The van der Waals surface area contributed by atoms with E-state index in [0.29, 0.717) is 5.02 Å². The summed E-state index contributed by atoms with van der Waals surface area (Å²) in [7, 11) is -4.15. The van der Waals surface area contributed by atoms with Crippen LogP contribution in [-0.4, -0.2) is 19.7 Å². The number of phenols is 1. The van der Waals surface area contributed by atoms with Crippen molar-refractivity contribution in [3.63, 3.8) is 0 Å². The van der Waals surface area contributed by atoms with Crippen LogP contribution in [0.4, 0.5) is 0 Å². The molecule has 0 amide bonds. The summed E-state index contributed by atoms with van der Waals surface area (Å²) in [6, 6.07) is 12.0. The minimum atomic E-state index is -4.15. The third-order valence-corrected chi connectivity index (χ3v) is 3.29. The van der Waals surface area contributed by atoms with Crippen molar-refractivity contribution in [1.29, 1.82) is 0 Å². The Bertz CT molecular complexity index is 726. The van der Waals surface area contributed by atoms with Crippen LogP contribution in [0.25, 0.3) is 0 Å². The lowest BCUT2D eigenvalue weighted by molar-refractivity contribution is 0.474. The number of nitrogens with zero attached hydrogens (tertiary/aromatic N) is 1. The average molecular weight is 312 g/mol. The molecule has 0 heterocycles. The zero-order valence-corrected chi connectivity index (χ0v) is 11.7. The molecule has 0 saturated heterocycles. The normalized spacial score (nSPS) is 11.7. The Hall–Kier alpha value is -2.05. The SMILES string of the molecule is O=S(=O)(/N=C/c1ccccc1O)Oc1ccc(Cl)cc1. The van der Waals surface area contributed by atoms with Gasteiger partial charge in [-0.25, -0.2) is 0 Å². The first-order chi connectivity index (χ1) is 9.46. The van der Waals surface area contributed by atoms with E-state index in [2.05, 4.69) is 4.40 Å². The summed E-state index contributed by atoms with van der Waals surface area (Å²) in [6.07, 6.45) is 1.01. The third-order valence-electron chi connectivity index (χ3n) is 2.27. The van der Waals surface area contributed by atoms with E-state index in [-0.39, 0.29) is 17.1 Å². The van der Waals surface area contributed by atoms with Gasteiger partial charge >= 0.3 is 10.3 Å². The first-order valence-electron chi connectivity index (χ1n) is 5.49. The fraction of sp³-hybridized carbons (Fsp3) is 0. The zero-order valence-electron chi connectivity index (χ0n) is 10.1. The van der Waals surface area contributed by atoms with E-state index in [0.717, 1.165) is 6.21 Å². The molecular formula is C13H10ClNO4S. The Morgan fingerprint density at radius 2 is 1.75 bits per heavy atom. The summed E-state index contributed by atoms with van der Waals surface area (Å²) in [4.78, 5) is 0. The fourth-order valence-corrected chi connectivity index (χ4v) is 2.12. The quantitative estimate of drug-likeness (QED) is 0.881. The van der Waals surface area contributed by atoms with Gasteiger partial charge in [0.1, 0.15) is 11.5 Å². The number of hydrogen-bond acceptors (Lipinski definition) is 4. The van der Waals surface area contributed by atoms with E-state index in [1.807, 2.05) is 0 Å². The largest absolute Gasteiger partial charge is 0.507 e. The van der Waals surface area contributed by atoms with Crippen molar-refractivity contribution >= 4 is 28.1 Å². The van der Waals surface area contributed by atoms with Crippen molar-refractivity contribution in [3.05, 3.63) is 59.1 Å². The summed E-state index contributed by atoms with van der Waals surface area (Å²) < 4.78 is 31.4. The van der Waals surface area contributed by atoms with Gasteiger partial charge in [0.05, 0.1) is 6.21 Å². The summed E-state index contributed by atoms with van der Waals surface area (Å²) in [5, 5.41) is 9.95. The molecule has 2 aromatic rings. The van der Waals surface area contributed by atoms with Gasteiger partial charge in [0.15, 0.2) is 0 Å². The molecule has 0 aliphatic heterocycles. The van der Waals surface area contributed by atoms with Crippen molar-refractivity contribution in [3.8, 4) is 11.5 Å². The maximum atomic E-state index is 11.6. The summed E-state index contributed by atoms with van der Waals surface area (Å²) in [5.74, 6) is 0.0294. The van der Waals surface area contributed by atoms with Crippen LogP contribution in [0.5, 0.6) is 11.5 Å². The maximum Gasteiger partial charge on any atom is 0.428 e. The summed E-state index contributed by atoms with van der Waals surface area (Å²) >= 11 is 5.68. The van der Waals surface area contributed by atoms with Gasteiger partial charge in [0.25, 0.3) is 0 Å². The van der Waals surface area contributed by atoms with Crippen molar-refractivity contribution in [2.45, 2.75) is 0 Å². The maximum absolute atomic E-state index is 11.6. The predicted molar refractivity (Wildman–Crippen MR) is 76.7 cm³/mol. The highest BCUT2D eigenvalue weighted by Crippen LogP contribution is 2.18. The second-order valence-corrected chi connectivity index (χ2v) is 5.43. The lowest BCUT2D eigenvalue weighted by Crippen LogP contribution is -2.06. The lowest BCUT2D eigenvalue weighted by Gasteiger charge is -2.02. The molecule has 0 spiro atoms. The monoisotopic (exact) mass is 311 g/mol. The number of hydrogen-bond donors (Lipinski definition) is 1. The molecule has 0 bridgehead atoms. The van der Waals surface area contributed by atoms with Crippen LogP contribution in [0, 0.1) is 0 Å². The number of benzene rings is 2. The number of aromatic hydroxyl groups is 1. The van der Waals surface area contributed by atoms with Crippen molar-refractivity contribution < 1.29 is 17.7 Å². The Kier molecular flexibility index (Phi) is 4.26. The van der Waals surface area contributed by atoms with Crippen LogP contribution in [0.1, 0.15) is 5.56 Å². The van der Waals surface area contributed by atoms with Gasteiger partial charge in [0.2, 0.25) is 0 Å². The molecule has 2 aromatic carbocycles. The van der Waals surface area contributed by atoms with Gasteiger partial charge in [-0.3, -0.25) is 0 Å². The highest BCUT2D eigenvalue weighted by atomic mass is 35.5. The Morgan fingerprint density at radius 3 is 2.40 bits per heavy atom. The van der Waals surface area contributed by atoms with E-state index in [9.17, 15) is 13.5 Å². The van der Waals surface area contributed by atoms with Gasteiger partial charge in [-0.15, -0.1) is 4.40 Å². The van der Waals surface area contributed by atoms with Crippen LogP contribution in [0.15, 0.2) is 52.9 Å². The Morgan fingerprint density at radius 1 is 1.10 bits per heavy atom. The average Bonchev–Trinajstić information content (AvgIpc) is 2.40. The van der Waals surface area contributed by atoms with Gasteiger partial charge in [-0.05, 0) is 36.4 Å². The molecule has 1 N–H and O–H groups in total. The number of phenolic OH excluding ortho intramolecular Hbond substituents is 1. The Labute approximate surface area is 121 Å².